The molecule has 0 saturated carbocycles. The van der Waals surface area contributed by atoms with E-state index in [-0.39, 0.29) is 54.8 Å². The molecule has 1 aliphatic rings. The average Bonchev–Trinajstić information content (AvgIpc) is 3.32. The van der Waals surface area contributed by atoms with E-state index < -0.39 is 17.3 Å². The summed E-state index contributed by atoms with van der Waals surface area (Å²) in [6.07, 6.45) is 5.31. The Morgan fingerprint density at radius 3 is 2.55 bits per heavy atom. The molecule has 1 unspecified atom stereocenters. The van der Waals surface area contributed by atoms with E-state index in [2.05, 4.69) is 40.7 Å². The Labute approximate surface area is 259 Å². The van der Waals surface area contributed by atoms with E-state index in [0.29, 0.717) is 18.5 Å². The Balaban J connectivity index is 0.00000560. The predicted molar refractivity (Wildman–Crippen MR) is 148 cm³/mol. The first-order valence-corrected chi connectivity index (χ1v) is 13.9. The number of aromatic amines is 1. The molecule has 2 aromatic rings. The topological polar surface area (TPSA) is 65.1 Å². The summed E-state index contributed by atoms with van der Waals surface area (Å²) in [6, 6.07) is 3.69. The number of nitrogens with zero attached hydrogens (tertiary/aromatic N) is 4. The zero-order valence-corrected chi connectivity index (χ0v) is 27.9. The molecule has 1 aliphatic carbocycles. The van der Waals surface area contributed by atoms with E-state index >= 15 is 0 Å². The normalized spacial score (nSPS) is 14.1. The number of unbranched alkanes of at least 4 members (excludes halogenated alkanes) is 4. The largest absolute Gasteiger partial charge is 0.493 e. The maximum Gasteiger partial charge on any atom is 0.422 e. The molecule has 10 heteroatoms. The molecule has 0 spiro atoms. The van der Waals surface area contributed by atoms with Crippen molar-refractivity contribution in [2.24, 2.45) is 0 Å². The van der Waals surface area contributed by atoms with E-state index in [4.69, 9.17) is 6.58 Å². The molecule has 0 aliphatic heterocycles. The second-order valence-electron chi connectivity index (χ2n) is 10.1. The van der Waals surface area contributed by atoms with Crippen LogP contribution in [0.1, 0.15) is 100 Å². The monoisotopic (exact) mass is 780 g/mol. The van der Waals surface area contributed by atoms with Gasteiger partial charge in [-0.3, -0.25) is 4.79 Å². The summed E-state index contributed by atoms with van der Waals surface area (Å²) in [4.78, 5) is 20.5. The molecule has 40 heavy (non-hydrogen) atoms. The van der Waals surface area contributed by atoms with E-state index in [0.717, 1.165) is 69.4 Å². The fourth-order valence-corrected chi connectivity index (χ4v) is 5.01. The van der Waals surface area contributed by atoms with Crippen molar-refractivity contribution in [2.45, 2.75) is 90.3 Å². The summed E-state index contributed by atoms with van der Waals surface area (Å²) in [6.45, 7) is 12.5. The first-order chi connectivity index (χ1) is 18.7. The van der Waals surface area contributed by atoms with Gasteiger partial charge in [0.2, 0.25) is 0 Å². The van der Waals surface area contributed by atoms with Crippen molar-refractivity contribution in [3.8, 4) is 11.8 Å². The third-order valence-corrected chi connectivity index (χ3v) is 7.09. The van der Waals surface area contributed by atoms with Crippen LogP contribution < -0.4 is 10.5 Å². The number of hydrogen-bond donors (Lipinski definition) is 1. The Morgan fingerprint density at radius 1 is 1.15 bits per heavy atom. The number of pyridine rings is 1. The van der Waals surface area contributed by atoms with Crippen LogP contribution in [-0.2, 0) is 12.6 Å². The Hall–Kier alpha value is -2.23. The molecule has 0 fully saturated rings. The first-order valence-electron chi connectivity index (χ1n) is 13.9. The number of aromatic nitrogens is 3. The van der Waals surface area contributed by atoms with Crippen LogP contribution in [-0.4, -0.2) is 40.2 Å². The van der Waals surface area contributed by atoms with E-state index in [1.54, 1.807) is 7.05 Å². The fraction of sp³-hybridized carbons (Fsp3) is 0.567. The molecular weight excluding hydrogens is 741 g/mol. The molecule has 3 rings (SSSR count). The minimum Gasteiger partial charge on any atom is -0.493 e. The van der Waals surface area contributed by atoms with Crippen LogP contribution in [0.4, 0.5) is 19.0 Å². The molecule has 1 N–H and O–H groups in total. The summed E-state index contributed by atoms with van der Waals surface area (Å²) in [5.74, 6) is 7.27. The molecular formula is C30H39F3N5OU-. The molecule has 2 aromatic heterocycles. The number of nitrogens with one attached hydrogen (secondary N) is 1. The molecule has 0 bridgehead atoms. The zero-order chi connectivity index (χ0) is 28.4. The SMILES string of the molecule is [CH-]=C(CCCCCCN(CCC)c1ccc(C#CCCC)cn1)N(C)C1CCc2c1n[nH]c(=O)c2C(F)(F)F.[U]. The molecule has 1 atom stereocenters. The summed E-state index contributed by atoms with van der Waals surface area (Å²) in [5, 5.41) is 5.98. The standard InChI is InChI=1S/C30H39F3N5O.U/c1-5-7-10-14-23-15-18-26(34-21-23)38(19-6-2)20-12-9-8-11-13-22(3)37(4)25-17-16-24-27(30(31,32)33)29(39)36-35-28(24)25;/h3,15,18,21,25H,5-9,11-13,16-17,19-20H2,1-2,4H3,(H,36,39);/q-1;. The summed E-state index contributed by atoms with van der Waals surface area (Å²) >= 11 is 0. The van der Waals surface area contributed by atoms with Crippen LogP contribution in [0.25, 0.3) is 0 Å². The molecule has 0 aromatic carbocycles. The summed E-state index contributed by atoms with van der Waals surface area (Å²) in [5.41, 5.74) is -0.518. The van der Waals surface area contributed by atoms with Crippen LogP contribution in [0.2, 0.25) is 0 Å². The van der Waals surface area contributed by atoms with Crippen molar-refractivity contribution in [3.05, 3.63) is 63.3 Å². The second kappa shape index (κ2) is 16.3. The van der Waals surface area contributed by atoms with Crippen molar-refractivity contribution in [3.63, 3.8) is 0 Å². The van der Waals surface area contributed by atoms with Gasteiger partial charge in [0, 0.05) is 69.4 Å². The zero-order valence-electron chi connectivity index (χ0n) is 23.7. The van der Waals surface area contributed by atoms with Gasteiger partial charge in [0.25, 0.3) is 5.56 Å². The molecule has 216 valence electrons. The van der Waals surface area contributed by atoms with Crippen LogP contribution in [0.3, 0.4) is 0 Å². The van der Waals surface area contributed by atoms with Gasteiger partial charge < -0.3 is 16.4 Å². The Morgan fingerprint density at radius 2 is 1.90 bits per heavy atom. The average molecular weight is 781 g/mol. The van der Waals surface area contributed by atoms with Gasteiger partial charge in [0.05, 0.1) is 11.7 Å². The maximum atomic E-state index is 13.4. The van der Waals surface area contributed by atoms with Crippen LogP contribution in [0.15, 0.2) is 28.8 Å². The second-order valence-corrected chi connectivity index (χ2v) is 10.1. The minimum absolute atomic E-state index is 0. The predicted octanol–water partition coefficient (Wildman–Crippen LogP) is 6.44. The van der Waals surface area contributed by atoms with Crippen molar-refractivity contribution in [2.75, 3.05) is 25.0 Å². The number of alkyl halides is 3. The number of fused-ring (bicyclic) bond motifs is 1. The van der Waals surface area contributed by atoms with Gasteiger partial charge in [-0.1, -0.05) is 45.0 Å². The van der Waals surface area contributed by atoms with Gasteiger partial charge in [0.1, 0.15) is 11.4 Å². The molecule has 0 radical (unpaired) electrons. The van der Waals surface area contributed by atoms with Gasteiger partial charge in [-0.2, -0.15) is 24.0 Å². The molecule has 2 heterocycles. The third-order valence-electron chi connectivity index (χ3n) is 7.09. The van der Waals surface area contributed by atoms with Crippen molar-refractivity contribution in [1.29, 1.82) is 0 Å². The fourth-order valence-electron chi connectivity index (χ4n) is 5.01. The number of hydrogen-bond acceptors (Lipinski definition) is 5. The van der Waals surface area contributed by atoms with Gasteiger partial charge in [-0.05, 0) is 56.2 Å². The van der Waals surface area contributed by atoms with Crippen molar-refractivity contribution < 1.29 is 44.3 Å². The molecule has 6 nitrogen and oxygen atoms in total. The van der Waals surface area contributed by atoms with Crippen molar-refractivity contribution in [1.82, 2.24) is 20.1 Å². The number of allylic oxidation sites excluding steroid dienone is 1. The van der Waals surface area contributed by atoms with E-state index in [9.17, 15) is 18.0 Å². The minimum atomic E-state index is -4.71. The van der Waals surface area contributed by atoms with E-state index in [1.165, 1.54) is 0 Å². The Kier molecular flexibility index (Phi) is 13.8. The quantitative estimate of drug-likeness (QED) is 0.144. The van der Waals surface area contributed by atoms with Gasteiger partial charge >= 0.3 is 6.18 Å². The summed E-state index contributed by atoms with van der Waals surface area (Å²) in [7, 11) is 1.78. The van der Waals surface area contributed by atoms with Gasteiger partial charge in [0.15, 0.2) is 0 Å². The number of halogens is 3. The van der Waals surface area contributed by atoms with Gasteiger partial charge in [-0.15, -0.1) is 0 Å². The van der Waals surface area contributed by atoms with Crippen LogP contribution in [0.5, 0.6) is 0 Å². The first kappa shape index (κ1) is 34.0. The number of rotatable bonds is 13. The van der Waals surface area contributed by atoms with Crippen LogP contribution >= 0.6 is 0 Å². The molecule has 0 saturated heterocycles. The van der Waals surface area contributed by atoms with E-state index in [1.807, 2.05) is 28.3 Å². The third kappa shape index (κ3) is 9.14. The number of anilines is 1. The Bertz CT molecular complexity index is 1220. The van der Waals surface area contributed by atoms with Crippen molar-refractivity contribution >= 4 is 5.82 Å². The maximum absolute atomic E-state index is 13.4. The molecule has 0 amide bonds. The summed E-state index contributed by atoms with van der Waals surface area (Å²) < 4.78 is 40.2. The van der Waals surface area contributed by atoms with Gasteiger partial charge in [-0.25, -0.2) is 10.1 Å². The number of H-pyrrole nitrogens is 1. The smallest absolute Gasteiger partial charge is 0.422 e. The van der Waals surface area contributed by atoms with Crippen LogP contribution in [0, 0.1) is 49.5 Å².